The highest BCUT2D eigenvalue weighted by atomic mass is 16.5. The van der Waals surface area contributed by atoms with E-state index in [1.54, 1.807) is 7.11 Å². The molecule has 3 unspecified atom stereocenters. The molecule has 4 nitrogen and oxygen atoms in total. The molecular weight excluding hydrogens is 266 g/mol. The summed E-state index contributed by atoms with van der Waals surface area (Å²) >= 11 is 0. The van der Waals surface area contributed by atoms with Crippen LogP contribution < -0.4 is 4.74 Å². The Morgan fingerprint density at radius 2 is 2.10 bits per heavy atom. The van der Waals surface area contributed by atoms with E-state index in [2.05, 4.69) is 17.0 Å². The minimum Gasteiger partial charge on any atom is -0.497 e. The van der Waals surface area contributed by atoms with Crippen molar-refractivity contribution >= 4 is 0 Å². The highest BCUT2D eigenvalue weighted by Crippen LogP contribution is 2.32. The Morgan fingerprint density at radius 3 is 2.76 bits per heavy atom. The van der Waals surface area contributed by atoms with Crippen molar-refractivity contribution in [1.82, 2.24) is 4.90 Å². The molecule has 0 bridgehead atoms. The van der Waals surface area contributed by atoms with Crippen LogP contribution in [0.2, 0.25) is 0 Å². The number of morpholine rings is 1. The summed E-state index contributed by atoms with van der Waals surface area (Å²) in [5, 5.41) is 10.2. The van der Waals surface area contributed by atoms with Crippen LogP contribution in [0.3, 0.4) is 0 Å². The van der Waals surface area contributed by atoms with Crippen molar-refractivity contribution in [2.75, 3.05) is 26.9 Å². The van der Waals surface area contributed by atoms with E-state index < -0.39 is 0 Å². The number of hydrogen-bond acceptors (Lipinski definition) is 4. The van der Waals surface area contributed by atoms with E-state index >= 15 is 0 Å². The third-order valence-electron chi connectivity index (χ3n) is 4.85. The number of aliphatic hydroxyl groups excluding tert-OH is 1. The molecule has 1 saturated heterocycles. The van der Waals surface area contributed by atoms with Gasteiger partial charge in [0, 0.05) is 25.0 Å². The van der Waals surface area contributed by atoms with Crippen LogP contribution in [0.4, 0.5) is 0 Å². The molecule has 1 heterocycles. The van der Waals surface area contributed by atoms with Crippen LogP contribution in [0.1, 0.15) is 24.8 Å². The van der Waals surface area contributed by atoms with Gasteiger partial charge in [-0.1, -0.05) is 18.6 Å². The van der Waals surface area contributed by atoms with Gasteiger partial charge in [0.25, 0.3) is 0 Å². The predicted octanol–water partition coefficient (Wildman–Crippen LogP) is 2.06. The summed E-state index contributed by atoms with van der Waals surface area (Å²) in [4.78, 5) is 2.48. The Labute approximate surface area is 126 Å². The summed E-state index contributed by atoms with van der Waals surface area (Å²) in [6.07, 6.45) is 3.04. The first-order valence-corrected chi connectivity index (χ1v) is 7.90. The number of rotatable bonds is 4. The predicted molar refractivity (Wildman–Crippen MR) is 81.4 cm³/mol. The molecule has 21 heavy (non-hydrogen) atoms. The lowest BCUT2D eigenvalue weighted by molar-refractivity contribution is -0.0536. The molecule has 0 radical (unpaired) electrons. The molecule has 0 amide bonds. The SMILES string of the molecule is COc1ccc(CN2CCOCC2C2CCCC2O)cc1. The molecule has 4 heteroatoms. The number of aliphatic hydroxyl groups is 1. The van der Waals surface area contributed by atoms with E-state index in [-0.39, 0.29) is 6.10 Å². The van der Waals surface area contributed by atoms with Gasteiger partial charge in [-0.2, -0.15) is 0 Å². The molecule has 0 aromatic heterocycles. The zero-order valence-corrected chi connectivity index (χ0v) is 12.7. The molecule has 1 aliphatic heterocycles. The molecule has 2 aliphatic rings. The maximum atomic E-state index is 10.2. The lowest BCUT2D eigenvalue weighted by Crippen LogP contribution is -2.50. The molecule has 1 aromatic carbocycles. The van der Waals surface area contributed by atoms with E-state index in [0.29, 0.717) is 12.0 Å². The summed E-state index contributed by atoms with van der Waals surface area (Å²) in [7, 11) is 1.69. The average molecular weight is 291 g/mol. The van der Waals surface area contributed by atoms with Gasteiger partial charge in [-0.3, -0.25) is 4.90 Å². The normalized spacial score (nSPS) is 30.5. The molecular formula is C17H25NO3. The first-order valence-electron chi connectivity index (χ1n) is 7.90. The molecule has 3 atom stereocenters. The molecule has 1 N–H and O–H groups in total. The van der Waals surface area contributed by atoms with Crippen molar-refractivity contribution in [2.45, 2.75) is 38.0 Å². The second kappa shape index (κ2) is 6.77. The lowest BCUT2D eigenvalue weighted by Gasteiger charge is -2.40. The largest absolute Gasteiger partial charge is 0.497 e. The van der Waals surface area contributed by atoms with Gasteiger partial charge in [0.15, 0.2) is 0 Å². The molecule has 1 aromatic rings. The number of benzene rings is 1. The molecule has 3 rings (SSSR count). The van der Waals surface area contributed by atoms with E-state index in [9.17, 15) is 5.11 Å². The highest BCUT2D eigenvalue weighted by Gasteiger charge is 2.37. The topological polar surface area (TPSA) is 41.9 Å². The molecule has 1 aliphatic carbocycles. The second-order valence-electron chi connectivity index (χ2n) is 6.12. The number of hydrogen-bond donors (Lipinski definition) is 1. The maximum Gasteiger partial charge on any atom is 0.118 e. The van der Waals surface area contributed by atoms with Gasteiger partial charge in [0.1, 0.15) is 5.75 Å². The van der Waals surface area contributed by atoms with Gasteiger partial charge < -0.3 is 14.6 Å². The fraction of sp³-hybridized carbons (Fsp3) is 0.647. The van der Waals surface area contributed by atoms with Gasteiger partial charge >= 0.3 is 0 Å². The van der Waals surface area contributed by atoms with Crippen LogP contribution in [0, 0.1) is 5.92 Å². The third-order valence-corrected chi connectivity index (χ3v) is 4.85. The van der Waals surface area contributed by atoms with Crippen LogP contribution in [-0.2, 0) is 11.3 Å². The van der Waals surface area contributed by atoms with Crippen LogP contribution in [0.25, 0.3) is 0 Å². The van der Waals surface area contributed by atoms with E-state index in [0.717, 1.165) is 51.3 Å². The average Bonchev–Trinajstić information content (AvgIpc) is 2.95. The summed E-state index contributed by atoms with van der Waals surface area (Å²) < 4.78 is 10.9. The zero-order valence-electron chi connectivity index (χ0n) is 12.7. The van der Waals surface area contributed by atoms with Crippen LogP contribution in [-0.4, -0.2) is 49.0 Å². The van der Waals surface area contributed by atoms with Gasteiger partial charge in [0.05, 0.1) is 26.4 Å². The standard InChI is InChI=1S/C17H25NO3/c1-20-14-7-5-13(6-8-14)11-18-9-10-21-12-16(18)15-3-2-4-17(15)19/h5-8,15-17,19H,2-4,9-12H2,1H3. The minimum atomic E-state index is -0.157. The van der Waals surface area contributed by atoms with Crippen LogP contribution >= 0.6 is 0 Å². The van der Waals surface area contributed by atoms with Gasteiger partial charge in [-0.05, 0) is 30.5 Å². The van der Waals surface area contributed by atoms with Gasteiger partial charge in [-0.25, -0.2) is 0 Å². The molecule has 2 fully saturated rings. The zero-order chi connectivity index (χ0) is 14.7. The van der Waals surface area contributed by atoms with Gasteiger partial charge in [0.2, 0.25) is 0 Å². The van der Waals surface area contributed by atoms with Crippen LogP contribution in [0.5, 0.6) is 5.75 Å². The monoisotopic (exact) mass is 291 g/mol. The van der Waals surface area contributed by atoms with Crippen LogP contribution in [0.15, 0.2) is 24.3 Å². The van der Waals surface area contributed by atoms with Crippen molar-refractivity contribution in [1.29, 1.82) is 0 Å². The van der Waals surface area contributed by atoms with E-state index in [4.69, 9.17) is 9.47 Å². The molecule has 116 valence electrons. The van der Waals surface area contributed by atoms with Crippen molar-refractivity contribution < 1.29 is 14.6 Å². The Bertz CT molecular complexity index is 448. The number of methoxy groups -OCH3 is 1. The minimum absolute atomic E-state index is 0.157. The third kappa shape index (κ3) is 3.39. The Hall–Kier alpha value is -1.10. The first-order chi connectivity index (χ1) is 10.3. The number of ether oxygens (including phenoxy) is 2. The smallest absolute Gasteiger partial charge is 0.118 e. The lowest BCUT2D eigenvalue weighted by atomic mass is 9.94. The fourth-order valence-electron chi connectivity index (χ4n) is 3.63. The Balaban J connectivity index is 1.68. The maximum absolute atomic E-state index is 10.2. The summed E-state index contributed by atoms with van der Waals surface area (Å²) in [6.45, 7) is 3.40. The van der Waals surface area contributed by atoms with Crippen molar-refractivity contribution in [3.05, 3.63) is 29.8 Å². The Morgan fingerprint density at radius 1 is 1.29 bits per heavy atom. The molecule has 0 spiro atoms. The Kier molecular flexibility index (Phi) is 4.78. The van der Waals surface area contributed by atoms with E-state index in [1.165, 1.54) is 5.56 Å². The quantitative estimate of drug-likeness (QED) is 0.922. The fourth-order valence-corrected chi connectivity index (χ4v) is 3.63. The second-order valence-corrected chi connectivity index (χ2v) is 6.12. The van der Waals surface area contributed by atoms with Gasteiger partial charge in [-0.15, -0.1) is 0 Å². The molecule has 1 saturated carbocycles. The number of nitrogens with zero attached hydrogens (tertiary/aromatic N) is 1. The first kappa shape index (κ1) is 14.8. The summed E-state index contributed by atoms with van der Waals surface area (Å²) in [5.74, 6) is 1.26. The van der Waals surface area contributed by atoms with Crippen molar-refractivity contribution in [3.63, 3.8) is 0 Å². The highest BCUT2D eigenvalue weighted by molar-refractivity contribution is 5.27. The van der Waals surface area contributed by atoms with Crippen molar-refractivity contribution in [3.8, 4) is 5.75 Å². The van der Waals surface area contributed by atoms with Crippen molar-refractivity contribution in [2.24, 2.45) is 5.92 Å². The van der Waals surface area contributed by atoms with E-state index in [1.807, 2.05) is 12.1 Å². The summed E-state index contributed by atoms with van der Waals surface area (Å²) in [5.41, 5.74) is 1.29. The summed E-state index contributed by atoms with van der Waals surface area (Å²) in [6, 6.07) is 8.61.